The van der Waals surface area contributed by atoms with Crippen molar-refractivity contribution in [2.24, 2.45) is 5.92 Å². The highest BCUT2D eigenvalue weighted by molar-refractivity contribution is 5.95. The number of carbonyl (C=O) groups is 1. The number of pyridine rings is 1. The maximum absolute atomic E-state index is 15.4. The van der Waals surface area contributed by atoms with Gasteiger partial charge in [-0.2, -0.15) is 0 Å². The summed E-state index contributed by atoms with van der Waals surface area (Å²) in [6, 6.07) is 2.33. The summed E-state index contributed by atoms with van der Waals surface area (Å²) < 4.78 is 17.3. The highest BCUT2D eigenvalue weighted by atomic mass is 19.1. The Balaban J connectivity index is 1.85. The molecule has 1 saturated heterocycles. The molecule has 1 aromatic heterocycles. The number of aromatic carboxylic acids is 1. The van der Waals surface area contributed by atoms with E-state index in [2.05, 4.69) is 30.8 Å². The fourth-order valence-electron chi connectivity index (χ4n) is 4.51. The molecule has 1 N–H and O–H groups in total. The van der Waals surface area contributed by atoms with Gasteiger partial charge in [-0.3, -0.25) is 4.79 Å². The molecule has 2 atom stereocenters. The number of carboxylic acid groups (broad SMARTS) is 1. The monoisotopic (exact) mass is 401 g/mol. The zero-order chi connectivity index (χ0) is 21.0. The molecule has 7 heteroatoms. The zero-order valence-electron chi connectivity index (χ0n) is 17.4. The Morgan fingerprint density at radius 1 is 1.31 bits per heavy atom. The first-order valence-electron chi connectivity index (χ1n) is 10.2. The molecular weight excluding hydrogens is 373 g/mol. The van der Waals surface area contributed by atoms with Gasteiger partial charge in [-0.15, -0.1) is 0 Å². The van der Waals surface area contributed by atoms with Gasteiger partial charge in [0.2, 0.25) is 5.43 Å². The maximum Gasteiger partial charge on any atom is 0.341 e. The second-order valence-electron chi connectivity index (χ2n) is 8.74. The van der Waals surface area contributed by atoms with Crippen molar-refractivity contribution in [1.29, 1.82) is 0 Å². The highest BCUT2D eigenvalue weighted by Gasteiger charge is 2.32. The van der Waals surface area contributed by atoms with Gasteiger partial charge in [-0.1, -0.05) is 0 Å². The summed E-state index contributed by atoms with van der Waals surface area (Å²) in [5.41, 5.74) is 0.499. The van der Waals surface area contributed by atoms with Gasteiger partial charge < -0.3 is 19.5 Å². The molecule has 0 amide bonds. The van der Waals surface area contributed by atoms with Crippen LogP contribution in [-0.4, -0.2) is 53.8 Å². The summed E-state index contributed by atoms with van der Waals surface area (Å²) in [4.78, 5) is 28.6. The van der Waals surface area contributed by atoms with E-state index < -0.39 is 17.2 Å². The summed E-state index contributed by atoms with van der Waals surface area (Å²) in [6.45, 7) is 5.31. The van der Waals surface area contributed by atoms with Crippen LogP contribution >= 0.6 is 0 Å². The van der Waals surface area contributed by atoms with Crippen LogP contribution in [-0.2, 0) is 0 Å². The largest absolute Gasteiger partial charge is 0.477 e. The lowest BCUT2D eigenvalue weighted by atomic mass is 10.00. The predicted octanol–water partition coefficient (Wildman–Crippen LogP) is 3.26. The molecule has 4 rings (SSSR count). The molecule has 2 aliphatic rings. The molecule has 6 nitrogen and oxygen atoms in total. The number of hydrogen-bond acceptors (Lipinski definition) is 4. The number of hydrogen-bond donors (Lipinski definition) is 1. The fraction of sp³-hybridized carbons (Fsp3) is 0.545. The molecule has 2 heterocycles. The SMILES string of the molecule is Cc1c(F)c(N2CC[C@H]([C@@H](C)N(C)C)C2)cc2c1c(=O)c(C(=O)O)cn2C1CC1. The average Bonchev–Trinajstić information content (AvgIpc) is 3.39. The van der Waals surface area contributed by atoms with Crippen LogP contribution in [0.5, 0.6) is 0 Å². The summed E-state index contributed by atoms with van der Waals surface area (Å²) in [7, 11) is 4.12. The van der Waals surface area contributed by atoms with Crippen molar-refractivity contribution in [2.45, 2.75) is 45.2 Å². The molecule has 2 aromatic rings. The van der Waals surface area contributed by atoms with E-state index in [1.165, 1.54) is 6.20 Å². The summed E-state index contributed by atoms with van der Waals surface area (Å²) in [5, 5.41) is 9.64. The Morgan fingerprint density at radius 3 is 2.59 bits per heavy atom. The lowest BCUT2D eigenvalue weighted by Crippen LogP contribution is -2.34. The van der Waals surface area contributed by atoms with Gasteiger partial charge in [0.15, 0.2) is 0 Å². The second-order valence-corrected chi connectivity index (χ2v) is 8.74. The van der Waals surface area contributed by atoms with Gasteiger partial charge in [0.05, 0.1) is 16.6 Å². The number of halogens is 1. The van der Waals surface area contributed by atoms with Gasteiger partial charge in [0, 0.05) is 36.9 Å². The standard InChI is InChI=1S/C22H28FN3O3/c1-12-19-17(26(15-5-6-15)11-16(21(19)27)22(28)29)9-18(20(12)23)25-8-7-14(10-25)13(2)24(3)4/h9,11,13-15H,5-8,10H2,1-4H3,(H,28,29)/t13-,14+/m1/s1. The summed E-state index contributed by atoms with van der Waals surface area (Å²) in [5.74, 6) is -1.24. The van der Waals surface area contributed by atoms with Crippen LogP contribution < -0.4 is 10.3 Å². The quantitative estimate of drug-likeness (QED) is 0.833. The first kappa shape index (κ1) is 19.9. The fourth-order valence-corrected chi connectivity index (χ4v) is 4.51. The van der Waals surface area contributed by atoms with E-state index in [1.807, 2.05) is 4.57 Å². The van der Waals surface area contributed by atoms with Crippen molar-refractivity contribution in [2.75, 3.05) is 32.1 Å². The molecule has 0 radical (unpaired) electrons. The van der Waals surface area contributed by atoms with Gasteiger partial charge >= 0.3 is 5.97 Å². The van der Waals surface area contributed by atoms with Gasteiger partial charge in [-0.05, 0) is 59.2 Å². The highest BCUT2D eigenvalue weighted by Crippen LogP contribution is 2.40. The molecule has 0 unspecified atom stereocenters. The van der Waals surface area contributed by atoms with Crippen molar-refractivity contribution < 1.29 is 14.3 Å². The zero-order valence-corrected chi connectivity index (χ0v) is 17.4. The van der Waals surface area contributed by atoms with E-state index in [9.17, 15) is 14.7 Å². The number of rotatable bonds is 5. The lowest BCUT2D eigenvalue weighted by molar-refractivity contribution is 0.0695. The van der Waals surface area contributed by atoms with Crippen LogP contribution in [0.4, 0.5) is 10.1 Å². The second kappa shape index (κ2) is 7.13. The first-order chi connectivity index (χ1) is 13.7. The number of carboxylic acids is 1. The van der Waals surface area contributed by atoms with Crippen LogP contribution in [0, 0.1) is 18.7 Å². The number of nitrogens with zero attached hydrogens (tertiary/aromatic N) is 3. The molecule has 1 saturated carbocycles. The Hall–Kier alpha value is -2.41. The van der Waals surface area contributed by atoms with Crippen LogP contribution in [0.15, 0.2) is 17.1 Å². The third kappa shape index (κ3) is 3.31. The van der Waals surface area contributed by atoms with Crippen LogP contribution in [0.1, 0.15) is 48.1 Å². The van der Waals surface area contributed by atoms with Crippen LogP contribution in [0.2, 0.25) is 0 Å². The molecule has 156 valence electrons. The van der Waals surface area contributed by atoms with Crippen molar-refractivity contribution in [3.8, 4) is 0 Å². The minimum Gasteiger partial charge on any atom is -0.477 e. The number of benzene rings is 1. The Bertz CT molecular complexity index is 1040. The van der Waals surface area contributed by atoms with Crippen molar-refractivity contribution in [3.05, 3.63) is 39.4 Å². The van der Waals surface area contributed by atoms with E-state index in [-0.39, 0.29) is 22.6 Å². The number of anilines is 1. The number of aryl methyl sites for hydroxylation is 1. The Morgan fingerprint density at radius 2 is 2.00 bits per heavy atom. The molecule has 0 bridgehead atoms. The molecule has 1 aromatic carbocycles. The Kier molecular flexibility index (Phi) is 4.89. The topological polar surface area (TPSA) is 65.8 Å². The van der Waals surface area contributed by atoms with E-state index in [1.54, 1.807) is 13.0 Å². The van der Waals surface area contributed by atoms with Gasteiger partial charge in [0.1, 0.15) is 11.4 Å². The van der Waals surface area contributed by atoms with Crippen molar-refractivity contribution >= 4 is 22.6 Å². The molecule has 0 spiro atoms. The maximum atomic E-state index is 15.4. The molecule has 1 aliphatic heterocycles. The van der Waals surface area contributed by atoms with Crippen LogP contribution in [0.3, 0.4) is 0 Å². The lowest BCUT2D eigenvalue weighted by Gasteiger charge is -2.27. The van der Waals surface area contributed by atoms with E-state index >= 15 is 4.39 Å². The third-order valence-corrected chi connectivity index (χ3v) is 6.71. The number of fused-ring (bicyclic) bond motifs is 1. The van der Waals surface area contributed by atoms with E-state index in [0.29, 0.717) is 23.2 Å². The minimum absolute atomic E-state index is 0.175. The normalized spacial score (nSPS) is 20.6. The summed E-state index contributed by atoms with van der Waals surface area (Å²) >= 11 is 0. The molecule has 1 aliphatic carbocycles. The molecule has 2 fully saturated rings. The van der Waals surface area contributed by atoms with Crippen LogP contribution in [0.25, 0.3) is 10.9 Å². The third-order valence-electron chi connectivity index (χ3n) is 6.71. The van der Waals surface area contributed by atoms with Crippen molar-refractivity contribution in [3.63, 3.8) is 0 Å². The number of aromatic nitrogens is 1. The first-order valence-corrected chi connectivity index (χ1v) is 10.2. The smallest absolute Gasteiger partial charge is 0.341 e. The van der Waals surface area contributed by atoms with Gasteiger partial charge in [-0.25, -0.2) is 9.18 Å². The molecule has 29 heavy (non-hydrogen) atoms. The summed E-state index contributed by atoms with van der Waals surface area (Å²) in [6.07, 6.45) is 4.31. The van der Waals surface area contributed by atoms with E-state index in [0.717, 1.165) is 32.4 Å². The van der Waals surface area contributed by atoms with Crippen molar-refractivity contribution in [1.82, 2.24) is 9.47 Å². The molecular formula is C22H28FN3O3. The minimum atomic E-state index is -1.27. The van der Waals surface area contributed by atoms with Gasteiger partial charge in [0.25, 0.3) is 0 Å². The predicted molar refractivity (Wildman–Crippen MR) is 112 cm³/mol. The average molecular weight is 401 g/mol. The van der Waals surface area contributed by atoms with E-state index in [4.69, 9.17) is 0 Å². The Labute approximate surface area is 169 Å².